The summed E-state index contributed by atoms with van der Waals surface area (Å²) in [4.78, 5) is 23.3. The number of anilines is 1. The largest absolute Gasteiger partial charge is 0.478 e. The van der Waals surface area contributed by atoms with Crippen molar-refractivity contribution < 1.29 is 19.2 Å². The Hall–Kier alpha value is -2.34. The molecule has 1 aromatic heterocycles. The third-order valence-electron chi connectivity index (χ3n) is 2.74. The number of aryl methyl sites for hydroxylation is 2. The molecule has 2 rings (SSSR count). The summed E-state index contributed by atoms with van der Waals surface area (Å²) >= 11 is 5.94. The van der Waals surface area contributed by atoms with Crippen LogP contribution in [0.1, 0.15) is 32.2 Å². The van der Waals surface area contributed by atoms with E-state index in [0.717, 1.165) is 0 Å². The van der Waals surface area contributed by atoms with Gasteiger partial charge in [-0.2, -0.15) is 0 Å². The molecule has 0 aliphatic rings. The lowest BCUT2D eigenvalue weighted by molar-refractivity contribution is 0.0698. The highest BCUT2D eigenvalue weighted by molar-refractivity contribution is 6.34. The molecule has 0 fully saturated rings. The molecule has 1 aromatic carbocycles. The summed E-state index contributed by atoms with van der Waals surface area (Å²) in [5.74, 6) is -1.35. The first-order chi connectivity index (χ1) is 9.41. The van der Waals surface area contributed by atoms with Gasteiger partial charge in [0.1, 0.15) is 11.3 Å². The maximum Gasteiger partial charge on any atom is 0.337 e. The number of hydrogen-bond acceptors (Lipinski definition) is 4. The zero-order valence-electron chi connectivity index (χ0n) is 10.7. The second-order valence-electron chi connectivity index (χ2n) is 4.12. The Labute approximate surface area is 119 Å². The molecule has 104 valence electrons. The monoisotopic (exact) mass is 294 g/mol. The minimum absolute atomic E-state index is 0.0478. The van der Waals surface area contributed by atoms with E-state index in [2.05, 4.69) is 10.5 Å². The fraction of sp³-hybridized carbons (Fsp3) is 0.154. The van der Waals surface area contributed by atoms with Crippen LogP contribution in [0.5, 0.6) is 0 Å². The molecule has 0 aliphatic heterocycles. The van der Waals surface area contributed by atoms with Crippen LogP contribution in [0.4, 0.5) is 5.69 Å². The number of benzene rings is 1. The van der Waals surface area contributed by atoms with Crippen LogP contribution in [0.25, 0.3) is 0 Å². The lowest BCUT2D eigenvalue weighted by Gasteiger charge is -2.10. The fourth-order valence-electron chi connectivity index (χ4n) is 1.81. The quantitative estimate of drug-likeness (QED) is 0.908. The second-order valence-corrected chi connectivity index (χ2v) is 4.53. The Balaban J connectivity index is 2.40. The highest BCUT2D eigenvalue weighted by atomic mass is 35.5. The lowest BCUT2D eigenvalue weighted by Crippen LogP contribution is -2.16. The summed E-state index contributed by atoms with van der Waals surface area (Å²) in [6.07, 6.45) is 0. The van der Waals surface area contributed by atoms with Gasteiger partial charge in [-0.25, -0.2) is 4.79 Å². The van der Waals surface area contributed by atoms with E-state index >= 15 is 0 Å². The minimum Gasteiger partial charge on any atom is -0.478 e. The van der Waals surface area contributed by atoms with Gasteiger partial charge in [-0.3, -0.25) is 4.79 Å². The molecule has 6 nitrogen and oxygen atoms in total. The molecular formula is C13H11ClN2O4. The van der Waals surface area contributed by atoms with Crippen LogP contribution in [0.15, 0.2) is 22.7 Å². The average molecular weight is 295 g/mol. The number of carbonyl (C=O) groups excluding carboxylic acids is 1. The van der Waals surface area contributed by atoms with Crippen molar-refractivity contribution in [3.8, 4) is 0 Å². The van der Waals surface area contributed by atoms with E-state index in [1.807, 2.05) is 0 Å². The third kappa shape index (κ3) is 2.50. The molecule has 0 spiro atoms. The van der Waals surface area contributed by atoms with Crippen molar-refractivity contribution in [2.45, 2.75) is 13.8 Å². The molecule has 0 saturated carbocycles. The van der Waals surface area contributed by atoms with Gasteiger partial charge in [0, 0.05) is 0 Å². The van der Waals surface area contributed by atoms with Crippen molar-refractivity contribution >= 4 is 29.2 Å². The molecule has 0 bridgehead atoms. The predicted molar refractivity (Wildman–Crippen MR) is 72.3 cm³/mol. The molecule has 0 radical (unpaired) electrons. The van der Waals surface area contributed by atoms with Crippen molar-refractivity contribution in [3.63, 3.8) is 0 Å². The van der Waals surface area contributed by atoms with Gasteiger partial charge in [-0.15, -0.1) is 0 Å². The van der Waals surface area contributed by atoms with Gasteiger partial charge in [0.25, 0.3) is 5.91 Å². The Morgan fingerprint density at radius 3 is 2.60 bits per heavy atom. The van der Waals surface area contributed by atoms with Crippen LogP contribution in [0, 0.1) is 13.8 Å². The number of nitrogens with zero attached hydrogens (tertiary/aromatic N) is 1. The van der Waals surface area contributed by atoms with E-state index in [9.17, 15) is 9.59 Å². The molecule has 1 heterocycles. The standard InChI is InChI=1S/C13H11ClN2O4/c1-6-10(7(2)20-16-6)12(17)15-11-8(13(18)19)4-3-5-9(11)14/h3-5H,1-2H3,(H,15,17)(H,18,19). The smallest absolute Gasteiger partial charge is 0.337 e. The van der Waals surface area contributed by atoms with Crippen molar-refractivity contribution in [2.75, 3.05) is 5.32 Å². The first-order valence-electron chi connectivity index (χ1n) is 5.68. The Kier molecular flexibility index (Phi) is 3.76. The third-order valence-corrected chi connectivity index (χ3v) is 3.06. The Morgan fingerprint density at radius 1 is 1.35 bits per heavy atom. The molecule has 7 heteroatoms. The Morgan fingerprint density at radius 2 is 2.05 bits per heavy atom. The second kappa shape index (κ2) is 5.34. The van der Waals surface area contributed by atoms with Gasteiger partial charge in [-0.05, 0) is 26.0 Å². The van der Waals surface area contributed by atoms with E-state index in [1.165, 1.54) is 18.2 Å². The minimum atomic E-state index is -1.18. The number of carboxylic acid groups (broad SMARTS) is 1. The summed E-state index contributed by atoms with van der Waals surface area (Å²) in [7, 11) is 0. The summed E-state index contributed by atoms with van der Waals surface area (Å²) in [6.45, 7) is 3.22. The van der Waals surface area contributed by atoms with Gasteiger partial charge in [0.15, 0.2) is 0 Å². The van der Waals surface area contributed by atoms with Gasteiger partial charge >= 0.3 is 5.97 Å². The zero-order valence-corrected chi connectivity index (χ0v) is 11.5. The predicted octanol–water partition coefficient (Wildman–Crippen LogP) is 2.90. The number of nitrogens with one attached hydrogen (secondary N) is 1. The number of hydrogen-bond donors (Lipinski definition) is 2. The van der Waals surface area contributed by atoms with Crippen molar-refractivity contribution in [3.05, 3.63) is 45.8 Å². The summed E-state index contributed by atoms with van der Waals surface area (Å²) in [5.41, 5.74) is 0.648. The number of aromatic nitrogens is 1. The van der Waals surface area contributed by atoms with E-state index in [-0.39, 0.29) is 21.8 Å². The van der Waals surface area contributed by atoms with Crippen LogP contribution < -0.4 is 5.32 Å². The topological polar surface area (TPSA) is 92.4 Å². The maximum atomic E-state index is 12.2. The first-order valence-corrected chi connectivity index (χ1v) is 6.05. The zero-order chi connectivity index (χ0) is 14.9. The van der Waals surface area contributed by atoms with Crippen molar-refractivity contribution in [2.24, 2.45) is 0 Å². The first kappa shape index (κ1) is 14.1. The van der Waals surface area contributed by atoms with Gasteiger partial charge in [0.2, 0.25) is 0 Å². The Bertz CT molecular complexity index is 674. The summed E-state index contributed by atoms with van der Waals surface area (Å²) < 4.78 is 4.90. The number of amides is 1. The van der Waals surface area contributed by atoms with Gasteiger partial charge < -0.3 is 14.9 Å². The molecular weight excluding hydrogens is 284 g/mol. The van der Waals surface area contributed by atoms with E-state index in [4.69, 9.17) is 21.2 Å². The van der Waals surface area contributed by atoms with Crippen LogP contribution >= 0.6 is 11.6 Å². The molecule has 0 saturated heterocycles. The number of aromatic carboxylic acids is 1. The molecule has 20 heavy (non-hydrogen) atoms. The number of carboxylic acids is 1. The van der Waals surface area contributed by atoms with Crippen LogP contribution in [0.2, 0.25) is 5.02 Å². The molecule has 0 unspecified atom stereocenters. The number of halogens is 1. The summed E-state index contributed by atoms with van der Waals surface area (Å²) in [5, 5.41) is 15.4. The molecule has 1 amide bonds. The van der Waals surface area contributed by atoms with Gasteiger partial charge in [0.05, 0.1) is 22.0 Å². The van der Waals surface area contributed by atoms with Gasteiger partial charge in [-0.1, -0.05) is 22.8 Å². The molecule has 2 N–H and O–H groups in total. The molecule has 2 aromatic rings. The summed E-state index contributed by atoms with van der Waals surface area (Å²) in [6, 6.07) is 4.35. The number of para-hydroxylation sites is 1. The lowest BCUT2D eigenvalue weighted by atomic mass is 10.1. The highest BCUT2D eigenvalue weighted by Crippen LogP contribution is 2.27. The SMILES string of the molecule is Cc1noc(C)c1C(=O)Nc1c(Cl)cccc1C(=O)O. The van der Waals surface area contributed by atoms with E-state index in [1.54, 1.807) is 13.8 Å². The highest BCUT2D eigenvalue weighted by Gasteiger charge is 2.21. The van der Waals surface area contributed by atoms with Crippen LogP contribution in [0.3, 0.4) is 0 Å². The molecule has 0 aliphatic carbocycles. The van der Waals surface area contributed by atoms with Crippen molar-refractivity contribution in [1.82, 2.24) is 5.16 Å². The fourth-order valence-corrected chi connectivity index (χ4v) is 2.03. The number of rotatable bonds is 3. The maximum absolute atomic E-state index is 12.2. The van der Waals surface area contributed by atoms with E-state index in [0.29, 0.717) is 11.5 Å². The van der Waals surface area contributed by atoms with Crippen LogP contribution in [-0.2, 0) is 0 Å². The van der Waals surface area contributed by atoms with Crippen molar-refractivity contribution in [1.29, 1.82) is 0 Å². The van der Waals surface area contributed by atoms with E-state index < -0.39 is 11.9 Å². The van der Waals surface area contributed by atoms with Crippen LogP contribution in [-0.4, -0.2) is 22.1 Å². The average Bonchev–Trinajstić information content (AvgIpc) is 2.71. The number of carbonyl (C=O) groups is 2. The normalized spacial score (nSPS) is 10.3. The molecule has 0 atom stereocenters.